The van der Waals surface area contributed by atoms with Crippen molar-refractivity contribution in [3.05, 3.63) is 29.8 Å². The molecule has 1 unspecified atom stereocenters. The largest absolute Gasteiger partial charge is 0.372 e. The van der Waals surface area contributed by atoms with Crippen LogP contribution in [0.4, 0.5) is 5.69 Å². The van der Waals surface area contributed by atoms with Crippen LogP contribution in [0.5, 0.6) is 0 Å². The zero-order valence-corrected chi connectivity index (χ0v) is 12.8. The van der Waals surface area contributed by atoms with E-state index < -0.39 is 5.54 Å². The zero-order chi connectivity index (χ0) is 14.6. The average molecular weight is 271 g/mol. The predicted octanol–water partition coefficient (Wildman–Crippen LogP) is 3.10. The smallest absolute Gasteiger partial charge is 0.127 e. The first kappa shape index (κ1) is 14.9. The summed E-state index contributed by atoms with van der Waals surface area (Å²) in [6.07, 6.45) is 3.40. The molecule has 0 heterocycles. The number of nitrogens with zero attached hydrogens (tertiary/aromatic N) is 2. The molecule has 108 valence electrons. The van der Waals surface area contributed by atoms with Crippen molar-refractivity contribution in [2.45, 2.75) is 38.6 Å². The molecular weight excluding hydrogens is 246 g/mol. The first-order valence-corrected chi connectivity index (χ1v) is 7.55. The molecule has 0 aromatic heterocycles. The van der Waals surface area contributed by atoms with Gasteiger partial charge in [0.2, 0.25) is 0 Å². The monoisotopic (exact) mass is 271 g/mol. The van der Waals surface area contributed by atoms with Crippen LogP contribution < -0.4 is 10.2 Å². The molecule has 3 heteroatoms. The van der Waals surface area contributed by atoms with Gasteiger partial charge in [-0.15, -0.1) is 0 Å². The lowest BCUT2D eigenvalue weighted by atomic mass is 9.93. The highest BCUT2D eigenvalue weighted by molar-refractivity contribution is 5.48. The number of hydrogen-bond donors (Lipinski definition) is 1. The second-order valence-corrected chi connectivity index (χ2v) is 5.98. The Bertz CT molecular complexity index is 487. The van der Waals surface area contributed by atoms with Gasteiger partial charge in [0.25, 0.3) is 0 Å². The highest BCUT2D eigenvalue weighted by Crippen LogP contribution is 2.40. The van der Waals surface area contributed by atoms with Crippen LogP contribution in [0.25, 0.3) is 0 Å². The lowest BCUT2D eigenvalue weighted by Crippen LogP contribution is -2.54. The molecule has 1 aromatic rings. The molecule has 0 aliphatic heterocycles. The van der Waals surface area contributed by atoms with Gasteiger partial charge in [0.05, 0.1) is 6.07 Å². The number of aryl methyl sites for hydroxylation is 1. The van der Waals surface area contributed by atoms with E-state index in [4.69, 9.17) is 0 Å². The van der Waals surface area contributed by atoms with Gasteiger partial charge in [0.15, 0.2) is 0 Å². The predicted molar refractivity (Wildman–Crippen MR) is 83.8 cm³/mol. The minimum atomic E-state index is -0.394. The van der Waals surface area contributed by atoms with Gasteiger partial charge in [0, 0.05) is 19.3 Å². The van der Waals surface area contributed by atoms with Crippen LogP contribution in [0.1, 0.15) is 31.7 Å². The molecule has 1 N–H and O–H groups in total. The quantitative estimate of drug-likeness (QED) is 0.828. The topological polar surface area (TPSA) is 39.1 Å². The Morgan fingerprint density at radius 1 is 1.45 bits per heavy atom. The van der Waals surface area contributed by atoms with Gasteiger partial charge >= 0.3 is 0 Å². The third-order valence-electron chi connectivity index (χ3n) is 4.09. The highest BCUT2D eigenvalue weighted by atomic mass is 15.2. The van der Waals surface area contributed by atoms with Crippen molar-refractivity contribution in [2.24, 2.45) is 5.92 Å². The minimum Gasteiger partial charge on any atom is -0.372 e. The van der Waals surface area contributed by atoms with Crippen molar-refractivity contribution < 1.29 is 0 Å². The van der Waals surface area contributed by atoms with Crippen molar-refractivity contribution in [3.8, 4) is 6.07 Å². The summed E-state index contributed by atoms with van der Waals surface area (Å²) in [6, 6.07) is 11.0. The summed E-state index contributed by atoms with van der Waals surface area (Å²) < 4.78 is 0. The Labute approximate surface area is 122 Å². The van der Waals surface area contributed by atoms with Gasteiger partial charge in [-0.25, -0.2) is 0 Å². The summed E-state index contributed by atoms with van der Waals surface area (Å²) in [7, 11) is 2.08. The summed E-state index contributed by atoms with van der Waals surface area (Å²) in [4.78, 5) is 2.21. The second kappa shape index (κ2) is 6.28. The molecule has 0 amide bonds. The highest BCUT2D eigenvalue weighted by Gasteiger charge is 2.46. The molecular formula is C17H25N3. The fraction of sp³-hybridized carbons (Fsp3) is 0.588. The number of nitriles is 1. The number of likely N-dealkylation sites (N-methyl/N-ethyl adjacent to an activating group) is 1. The van der Waals surface area contributed by atoms with E-state index in [1.165, 1.54) is 24.1 Å². The standard InChI is InChI=1S/C17H25N3/c1-4-10-19-17(12-18,15-8-9-15)13-20(3)16-7-5-6-14(2)11-16/h5-7,11,15,19H,4,8-10,13H2,1-3H3. The van der Waals surface area contributed by atoms with Crippen LogP contribution in [0.3, 0.4) is 0 Å². The summed E-state index contributed by atoms with van der Waals surface area (Å²) >= 11 is 0. The first-order chi connectivity index (χ1) is 9.61. The molecule has 1 saturated carbocycles. The lowest BCUT2D eigenvalue weighted by molar-refractivity contribution is 0.369. The Kier molecular flexibility index (Phi) is 4.67. The fourth-order valence-corrected chi connectivity index (χ4v) is 2.75. The number of hydrogen-bond acceptors (Lipinski definition) is 3. The molecule has 0 radical (unpaired) electrons. The number of benzene rings is 1. The molecule has 1 aliphatic carbocycles. The molecule has 0 saturated heterocycles. The molecule has 2 rings (SSSR count). The Balaban J connectivity index is 2.13. The Morgan fingerprint density at radius 3 is 2.75 bits per heavy atom. The molecule has 1 fully saturated rings. The van der Waals surface area contributed by atoms with Crippen LogP contribution >= 0.6 is 0 Å². The molecule has 20 heavy (non-hydrogen) atoms. The van der Waals surface area contributed by atoms with Crippen LogP contribution in [0.15, 0.2) is 24.3 Å². The SMILES string of the molecule is CCCNC(C#N)(CN(C)c1cccc(C)c1)C1CC1. The number of rotatable bonds is 7. The average Bonchev–Trinajstić information content (AvgIpc) is 3.28. The summed E-state index contributed by atoms with van der Waals surface area (Å²) in [5, 5.41) is 13.2. The molecule has 1 atom stereocenters. The van der Waals surface area contributed by atoms with Crippen molar-refractivity contribution in [2.75, 3.05) is 25.0 Å². The van der Waals surface area contributed by atoms with Crippen LogP contribution in [-0.2, 0) is 0 Å². The third kappa shape index (κ3) is 3.32. The van der Waals surface area contributed by atoms with E-state index in [0.717, 1.165) is 19.5 Å². The fourth-order valence-electron chi connectivity index (χ4n) is 2.75. The van der Waals surface area contributed by atoms with Gasteiger partial charge in [-0.1, -0.05) is 19.1 Å². The van der Waals surface area contributed by atoms with Crippen molar-refractivity contribution in [1.29, 1.82) is 5.26 Å². The van der Waals surface area contributed by atoms with E-state index in [2.05, 4.69) is 61.4 Å². The zero-order valence-electron chi connectivity index (χ0n) is 12.8. The lowest BCUT2D eigenvalue weighted by Gasteiger charge is -2.33. The van der Waals surface area contributed by atoms with E-state index in [9.17, 15) is 5.26 Å². The van der Waals surface area contributed by atoms with Gasteiger partial charge < -0.3 is 4.90 Å². The van der Waals surface area contributed by atoms with E-state index in [1.807, 2.05) is 0 Å². The normalized spacial score (nSPS) is 17.3. The second-order valence-electron chi connectivity index (χ2n) is 5.98. The molecule has 0 bridgehead atoms. The van der Waals surface area contributed by atoms with Crippen LogP contribution in [0.2, 0.25) is 0 Å². The maximum absolute atomic E-state index is 9.72. The van der Waals surface area contributed by atoms with Crippen molar-refractivity contribution in [1.82, 2.24) is 5.32 Å². The Morgan fingerprint density at radius 2 is 2.20 bits per heavy atom. The Hall–Kier alpha value is -1.53. The maximum Gasteiger partial charge on any atom is 0.127 e. The van der Waals surface area contributed by atoms with Crippen molar-refractivity contribution in [3.63, 3.8) is 0 Å². The summed E-state index contributed by atoms with van der Waals surface area (Å²) in [5.74, 6) is 0.506. The van der Waals surface area contributed by atoms with Gasteiger partial charge in [-0.3, -0.25) is 5.32 Å². The van der Waals surface area contributed by atoms with E-state index in [1.54, 1.807) is 0 Å². The summed E-state index contributed by atoms with van der Waals surface area (Å²) in [6.45, 7) is 5.90. The summed E-state index contributed by atoms with van der Waals surface area (Å²) in [5.41, 5.74) is 2.04. The number of anilines is 1. The molecule has 1 aliphatic rings. The maximum atomic E-state index is 9.72. The third-order valence-corrected chi connectivity index (χ3v) is 4.09. The van der Waals surface area contributed by atoms with Crippen LogP contribution in [-0.4, -0.2) is 25.7 Å². The van der Waals surface area contributed by atoms with Crippen LogP contribution in [0, 0.1) is 24.2 Å². The van der Waals surface area contributed by atoms with Gasteiger partial charge in [-0.05, 0) is 56.3 Å². The molecule has 0 spiro atoms. The van der Waals surface area contributed by atoms with E-state index in [-0.39, 0.29) is 0 Å². The van der Waals surface area contributed by atoms with Crippen molar-refractivity contribution >= 4 is 5.69 Å². The molecule has 1 aromatic carbocycles. The number of nitrogens with one attached hydrogen (secondary N) is 1. The molecule has 3 nitrogen and oxygen atoms in total. The van der Waals surface area contributed by atoms with Gasteiger partial charge in [-0.2, -0.15) is 5.26 Å². The van der Waals surface area contributed by atoms with E-state index in [0.29, 0.717) is 5.92 Å². The van der Waals surface area contributed by atoms with E-state index >= 15 is 0 Å². The minimum absolute atomic E-state index is 0.394. The first-order valence-electron chi connectivity index (χ1n) is 7.55. The van der Waals surface area contributed by atoms with Gasteiger partial charge in [0.1, 0.15) is 5.54 Å².